The summed E-state index contributed by atoms with van der Waals surface area (Å²) >= 11 is 0. The van der Waals surface area contributed by atoms with E-state index in [0.29, 0.717) is 11.8 Å². The molecule has 1 heterocycles. The van der Waals surface area contributed by atoms with Gasteiger partial charge in [-0.05, 0) is 38.6 Å². The van der Waals surface area contributed by atoms with E-state index in [4.69, 9.17) is 9.15 Å². The second-order valence-electron chi connectivity index (χ2n) is 5.37. The molecule has 0 aliphatic heterocycles. The third-order valence-corrected chi connectivity index (χ3v) is 4.00. The van der Waals surface area contributed by atoms with Gasteiger partial charge in [0.2, 0.25) is 11.8 Å². The van der Waals surface area contributed by atoms with Gasteiger partial charge in [0, 0.05) is 7.11 Å². The first kappa shape index (κ1) is 14.5. The van der Waals surface area contributed by atoms with E-state index < -0.39 is 0 Å². The van der Waals surface area contributed by atoms with E-state index in [1.165, 1.54) is 6.42 Å². The summed E-state index contributed by atoms with van der Waals surface area (Å²) in [5, 5.41) is 11.8. The highest BCUT2D eigenvalue weighted by atomic mass is 16.5. The lowest BCUT2D eigenvalue weighted by molar-refractivity contribution is -0.0747. The van der Waals surface area contributed by atoms with Gasteiger partial charge < -0.3 is 14.5 Å². The minimum atomic E-state index is -0.0532. The molecule has 0 bridgehead atoms. The van der Waals surface area contributed by atoms with Crippen molar-refractivity contribution in [3.63, 3.8) is 0 Å². The quantitative estimate of drug-likeness (QED) is 0.784. The Hall–Kier alpha value is -0.940. The van der Waals surface area contributed by atoms with Crippen LogP contribution in [0.2, 0.25) is 0 Å². The number of aromatic nitrogens is 2. The van der Waals surface area contributed by atoms with Crippen LogP contribution < -0.4 is 5.32 Å². The molecule has 0 saturated heterocycles. The highest BCUT2D eigenvalue weighted by Gasteiger charge is 2.39. The third kappa shape index (κ3) is 3.34. The summed E-state index contributed by atoms with van der Waals surface area (Å²) in [6.07, 6.45) is 6.20. The maximum absolute atomic E-state index is 5.80. The van der Waals surface area contributed by atoms with Crippen LogP contribution in [0.3, 0.4) is 0 Å². The first-order valence-corrected chi connectivity index (χ1v) is 7.34. The molecule has 2 rings (SSSR count). The van der Waals surface area contributed by atoms with Crippen LogP contribution in [0.25, 0.3) is 0 Å². The molecule has 0 spiro atoms. The molecular formula is C14H25N3O2. The molecule has 0 radical (unpaired) electrons. The highest BCUT2D eigenvalue weighted by molar-refractivity contribution is 4.99. The van der Waals surface area contributed by atoms with Crippen molar-refractivity contribution in [2.45, 2.75) is 64.0 Å². The normalized spacial score (nSPS) is 19.1. The fourth-order valence-corrected chi connectivity index (χ4v) is 2.50. The predicted molar refractivity (Wildman–Crippen MR) is 72.9 cm³/mol. The Bertz CT molecular complexity index is 382. The summed E-state index contributed by atoms with van der Waals surface area (Å²) in [4.78, 5) is 0. The van der Waals surface area contributed by atoms with Gasteiger partial charge in [-0.2, -0.15) is 0 Å². The summed E-state index contributed by atoms with van der Waals surface area (Å²) in [6, 6.07) is 0.168. The average Bonchev–Trinajstić information content (AvgIpc) is 2.83. The minimum Gasteiger partial charge on any atom is -0.423 e. The SMILES string of the molecule is CCCNC(CC)c1nnc(CC2(OC)CCC2)o1. The minimum absolute atomic E-state index is 0.0532. The molecule has 1 aromatic heterocycles. The largest absolute Gasteiger partial charge is 0.423 e. The van der Waals surface area contributed by atoms with Crippen LogP contribution in [0.4, 0.5) is 0 Å². The number of nitrogens with one attached hydrogen (secondary N) is 1. The van der Waals surface area contributed by atoms with Crippen LogP contribution in [0.5, 0.6) is 0 Å². The molecule has 5 nitrogen and oxygen atoms in total. The molecule has 1 aromatic rings. The Balaban J connectivity index is 1.97. The second-order valence-corrected chi connectivity index (χ2v) is 5.37. The molecular weight excluding hydrogens is 242 g/mol. The molecule has 0 aromatic carbocycles. The second kappa shape index (κ2) is 6.48. The number of hydrogen-bond acceptors (Lipinski definition) is 5. The summed E-state index contributed by atoms with van der Waals surface area (Å²) in [5.74, 6) is 1.41. The van der Waals surface area contributed by atoms with Gasteiger partial charge in [0.1, 0.15) is 0 Å². The van der Waals surface area contributed by atoms with Gasteiger partial charge in [0.15, 0.2) is 0 Å². The summed E-state index contributed by atoms with van der Waals surface area (Å²) in [5.41, 5.74) is -0.0532. The van der Waals surface area contributed by atoms with E-state index in [1.807, 2.05) is 0 Å². The van der Waals surface area contributed by atoms with Gasteiger partial charge in [-0.1, -0.05) is 13.8 Å². The van der Waals surface area contributed by atoms with Crippen molar-refractivity contribution < 1.29 is 9.15 Å². The summed E-state index contributed by atoms with van der Waals surface area (Å²) < 4.78 is 11.4. The number of methoxy groups -OCH3 is 1. The van der Waals surface area contributed by atoms with Gasteiger partial charge >= 0.3 is 0 Å². The van der Waals surface area contributed by atoms with Crippen LogP contribution in [0.1, 0.15) is 63.8 Å². The highest BCUT2D eigenvalue weighted by Crippen LogP contribution is 2.37. The van der Waals surface area contributed by atoms with E-state index in [-0.39, 0.29) is 11.6 Å². The van der Waals surface area contributed by atoms with Gasteiger partial charge in [-0.3, -0.25) is 0 Å². The molecule has 1 unspecified atom stereocenters. The number of ether oxygens (including phenoxy) is 1. The van der Waals surface area contributed by atoms with Gasteiger partial charge in [-0.15, -0.1) is 10.2 Å². The van der Waals surface area contributed by atoms with Crippen LogP contribution in [0, 0.1) is 0 Å². The van der Waals surface area contributed by atoms with Crippen LogP contribution >= 0.6 is 0 Å². The van der Waals surface area contributed by atoms with Gasteiger partial charge in [0.05, 0.1) is 18.1 Å². The zero-order chi connectivity index (χ0) is 13.7. The molecule has 19 heavy (non-hydrogen) atoms. The molecule has 1 aliphatic rings. The van der Waals surface area contributed by atoms with Crippen molar-refractivity contribution in [3.05, 3.63) is 11.8 Å². The zero-order valence-electron chi connectivity index (χ0n) is 12.2. The lowest BCUT2D eigenvalue weighted by Gasteiger charge is -2.39. The number of rotatable bonds is 8. The molecule has 108 valence electrons. The van der Waals surface area contributed by atoms with Crippen LogP contribution in [-0.2, 0) is 11.2 Å². The van der Waals surface area contributed by atoms with Crippen LogP contribution in [-0.4, -0.2) is 29.5 Å². The van der Waals surface area contributed by atoms with E-state index >= 15 is 0 Å². The smallest absolute Gasteiger partial charge is 0.233 e. The van der Waals surface area contributed by atoms with E-state index in [2.05, 4.69) is 29.4 Å². The molecule has 1 saturated carbocycles. The standard InChI is InChI=1S/C14H25N3O2/c1-4-9-15-11(5-2)13-17-16-12(19-13)10-14(18-3)7-6-8-14/h11,15H,4-10H2,1-3H3. The fourth-order valence-electron chi connectivity index (χ4n) is 2.50. The molecule has 1 aliphatic carbocycles. The number of nitrogens with zero attached hydrogens (tertiary/aromatic N) is 2. The first-order valence-electron chi connectivity index (χ1n) is 7.34. The maximum atomic E-state index is 5.80. The number of hydrogen-bond donors (Lipinski definition) is 1. The third-order valence-electron chi connectivity index (χ3n) is 4.00. The lowest BCUT2D eigenvalue weighted by Crippen LogP contribution is -2.41. The fraction of sp³-hybridized carbons (Fsp3) is 0.857. The topological polar surface area (TPSA) is 60.2 Å². The van der Waals surface area contributed by atoms with Crippen molar-refractivity contribution in [1.82, 2.24) is 15.5 Å². The van der Waals surface area contributed by atoms with E-state index in [0.717, 1.165) is 38.6 Å². The van der Waals surface area contributed by atoms with Crippen molar-refractivity contribution in [3.8, 4) is 0 Å². The summed E-state index contributed by atoms with van der Waals surface area (Å²) in [6.45, 7) is 5.25. The monoisotopic (exact) mass is 267 g/mol. The Morgan fingerprint density at radius 2 is 2.16 bits per heavy atom. The Kier molecular flexibility index (Phi) is 4.93. The lowest BCUT2D eigenvalue weighted by atomic mass is 9.77. The Labute approximate surface area is 115 Å². The van der Waals surface area contributed by atoms with Gasteiger partial charge in [0.25, 0.3) is 0 Å². The molecule has 0 amide bonds. The molecule has 5 heteroatoms. The molecule has 1 atom stereocenters. The molecule has 1 fully saturated rings. The molecule has 1 N–H and O–H groups in total. The van der Waals surface area contributed by atoms with Crippen LogP contribution in [0.15, 0.2) is 4.42 Å². The van der Waals surface area contributed by atoms with E-state index in [1.54, 1.807) is 7.11 Å². The van der Waals surface area contributed by atoms with Crippen molar-refractivity contribution in [2.24, 2.45) is 0 Å². The first-order chi connectivity index (χ1) is 9.23. The van der Waals surface area contributed by atoms with Crippen molar-refractivity contribution in [2.75, 3.05) is 13.7 Å². The van der Waals surface area contributed by atoms with Gasteiger partial charge in [-0.25, -0.2) is 0 Å². The van der Waals surface area contributed by atoms with E-state index in [9.17, 15) is 0 Å². The van der Waals surface area contributed by atoms with Crippen molar-refractivity contribution in [1.29, 1.82) is 0 Å². The Morgan fingerprint density at radius 1 is 1.37 bits per heavy atom. The Morgan fingerprint density at radius 3 is 2.68 bits per heavy atom. The predicted octanol–water partition coefficient (Wildman–Crippen LogP) is 2.63. The average molecular weight is 267 g/mol. The van der Waals surface area contributed by atoms with Crippen molar-refractivity contribution >= 4 is 0 Å². The summed E-state index contributed by atoms with van der Waals surface area (Å²) in [7, 11) is 1.77. The maximum Gasteiger partial charge on any atom is 0.233 e. The zero-order valence-corrected chi connectivity index (χ0v) is 12.2.